The highest BCUT2D eigenvalue weighted by molar-refractivity contribution is 5.87. The summed E-state index contributed by atoms with van der Waals surface area (Å²) in [6.45, 7) is 0. The molecule has 1 aromatic heterocycles. The number of carbonyl (C=O) groups is 1. The minimum Gasteiger partial charge on any atom is -0.493 e. The molecule has 0 saturated carbocycles. The molecule has 4 aromatic rings. The number of pyridine rings is 1. The maximum Gasteiger partial charge on any atom is 0.416 e. The average molecular weight is 510 g/mol. The molecule has 37 heavy (non-hydrogen) atoms. The van der Waals surface area contributed by atoms with Gasteiger partial charge in [-0.2, -0.15) is 17.7 Å². The Labute approximate surface area is 213 Å². The van der Waals surface area contributed by atoms with Gasteiger partial charge in [-0.3, -0.25) is 4.79 Å². The maximum atomic E-state index is 13.1. The van der Waals surface area contributed by atoms with Gasteiger partial charge in [0.1, 0.15) is 0 Å². The zero-order valence-corrected chi connectivity index (χ0v) is 20.8. The highest BCUT2D eigenvalue weighted by Crippen LogP contribution is 2.34. The summed E-state index contributed by atoms with van der Waals surface area (Å²) in [6, 6.07) is 19.6. The minimum atomic E-state index is -4.39. The van der Waals surface area contributed by atoms with Crippen LogP contribution in [0.4, 0.5) is 13.2 Å². The molecule has 0 aliphatic rings. The standard InChI is InChI=1S/C29H27F3N2O3/c1-33-28(35)27(20-7-5-4-6-8-20)34-16-15-21-17-25(36-2)26(37-3)18-23(21)24(34)14-11-19-9-12-22(13-10-19)29(30,31)32/h4-10,12-13,15-18,27H,11,14H2,1-3H3/p+1/t27-/m1/s1. The number of hydrogen-bond donors (Lipinski definition) is 1. The van der Waals surface area contributed by atoms with Gasteiger partial charge in [0, 0.05) is 25.1 Å². The Hall–Kier alpha value is -4.07. The van der Waals surface area contributed by atoms with Gasteiger partial charge in [-0.1, -0.05) is 42.5 Å². The highest BCUT2D eigenvalue weighted by Gasteiger charge is 2.33. The van der Waals surface area contributed by atoms with Gasteiger partial charge in [0.15, 0.2) is 23.4 Å². The molecular formula is C29H28F3N2O3+. The second kappa shape index (κ2) is 10.9. The molecule has 0 spiro atoms. The van der Waals surface area contributed by atoms with E-state index in [-0.39, 0.29) is 5.91 Å². The van der Waals surface area contributed by atoms with Crippen molar-refractivity contribution >= 4 is 16.7 Å². The minimum absolute atomic E-state index is 0.188. The van der Waals surface area contributed by atoms with E-state index in [1.165, 1.54) is 12.1 Å². The van der Waals surface area contributed by atoms with Crippen LogP contribution in [0.25, 0.3) is 10.8 Å². The van der Waals surface area contributed by atoms with Gasteiger partial charge >= 0.3 is 6.18 Å². The monoisotopic (exact) mass is 509 g/mol. The molecule has 8 heteroatoms. The van der Waals surface area contributed by atoms with Crippen LogP contribution in [0.15, 0.2) is 79.0 Å². The number of nitrogens with one attached hydrogen (secondary N) is 1. The molecule has 0 aliphatic heterocycles. The number of likely N-dealkylation sites (N-methyl/N-ethyl adjacent to an activating group) is 1. The Morgan fingerprint density at radius 2 is 1.57 bits per heavy atom. The van der Waals surface area contributed by atoms with Crippen molar-refractivity contribution in [3.05, 3.63) is 101 Å². The molecule has 0 saturated heterocycles. The van der Waals surface area contributed by atoms with E-state index >= 15 is 0 Å². The fourth-order valence-corrected chi connectivity index (χ4v) is 4.51. The van der Waals surface area contributed by atoms with Crippen molar-refractivity contribution in [2.45, 2.75) is 25.1 Å². The predicted octanol–water partition coefficient (Wildman–Crippen LogP) is 5.28. The molecule has 1 N–H and O–H groups in total. The summed E-state index contributed by atoms with van der Waals surface area (Å²) in [4.78, 5) is 13.1. The zero-order chi connectivity index (χ0) is 26.6. The second-order valence-electron chi connectivity index (χ2n) is 8.59. The van der Waals surface area contributed by atoms with Crippen LogP contribution in [0.5, 0.6) is 11.5 Å². The van der Waals surface area contributed by atoms with Crippen molar-refractivity contribution < 1.29 is 32.0 Å². The number of aromatic nitrogens is 1. The van der Waals surface area contributed by atoms with Crippen molar-refractivity contribution in [2.75, 3.05) is 21.3 Å². The first-order valence-corrected chi connectivity index (χ1v) is 11.8. The number of aryl methyl sites for hydroxylation is 2. The lowest BCUT2D eigenvalue weighted by atomic mass is 9.98. The normalized spacial score (nSPS) is 12.3. The van der Waals surface area contributed by atoms with E-state index in [1.54, 1.807) is 21.3 Å². The average Bonchev–Trinajstić information content (AvgIpc) is 2.91. The van der Waals surface area contributed by atoms with Crippen LogP contribution in [0, 0.1) is 0 Å². The number of ether oxygens (including phenoxy) is 2. The fourth-order valence-electron chi connectivity index (χ4n) is 4.51. The van der Waals surface area contributed by atoms with E-state index in [1.807, 2.05) is 59.3 Å². The number of amides is 1. The van der Waals surface area contributed by atoms with Crippen LogP contribution < -0.4 is 19.4 Å². The van der Waals surface area contributed by atoms with Crippen LogP contribution >= 0.6 is 0 Å². The number of rotatable bonds is 8. The Kier molecular flexibility index (Phi) is 7.66. The highest BCUT2D eigenvalue weighted by atomic mass is 19.4. The van der Waals surface area contributed by atoms with E-state index in [9.17, 15) is 18.0 Å². The Bertz CT molecular complexity index is 1390. The molecule has 3 aromatic carbocycles. The summed E-state index contributed by atoms with van der Waals surface area (Å²) in [5, 5.41) is 4.51. The zero-order valence-electron chi connectivity index (χ0n) is 20.8. The smallest absolute Gasteiger partial charge is 0.416 e. The first kappa shape index (κ1) is 26.0. The van der Waals surface area contributed by atoms with Gasteiger partial charge in [0.2, 0.25) is 0 Å². The third-order valence-electron chi connectivity index (χ3n) is 6.41. The summed E-state index contributed by atoms with van der Waals surface area (Å²) in [5.41, 5.74) is 1.73. The van der Waals surface area contributed by atoms with E-state index in [0.29, 0.717) is 24.3 Å². The fraction of sp³-hybridized carbons (Fsp3) is 0.241. The summed E-state index contributed by atoms with van der Waals surface area (Å²) >= 11 is 0. The molecule has 0 unspecified atom stereocenters. The van der Waals surface area contributed by atoms with Gasteiger partial charge in [-0.25, -0.2) is 0 Å². The number of benzene rings is 3. The molecule has 1 atom stereocenters. The van der Waals surface area contributed by atoms with Crippen molar-refractivity contribution in [3.63, 3.8) is 0 Å². The predicted molar refractivity (Wildman–Crippen MR) is 135 cm³/mol. The van der Waals surface area contributed by atoms with Gasteiger partial charge < -0.3 is 14.8 Å². The van der Waals surface area contributed by atoms with Gasteiger partial charge in [-0.15, -0.1) is 0 Å². The molecule has 0 aliphatic carbocycles. The third kappa shape index (κ3) is 5.53. The number of nitrogens with zero attached hydrogens (tertiary/aromatic N) is 1. The summed E-state index contributed by atoms with van der Waals surface area (Å²) < 4.78 is 52.0. The molecular weight excluding hydrogens is 481 g/mol. The molecule has 1 heterocycles. The lowest BCUT2D eigenvalue weighted by Crippen LogP contribution is -2.51. The Balaban J connectivity index is 1.85. The number of hydrogen-bond acceptors (Lipinski definition) is 3. The maximum absolute atomic E-state index is 13.1. The lowest BCUT2D eigenvalue weighted by Gasteiger charge is -2.17. The topological polar surface area (TPSA) is 51.4 Å². The first-order valence-electron chi connectivity index (χ1n) is 11.8. The molecule has 1 amide bonds. The SMILES string of the molecule is CNC(=O)[C@@H](c1ccccc1)[n+]1ccc2cc(OC)c(OC)cc2c1CCc1ccc(C(F)(F)F)cc1. The van der Waals surface area contributed by atoms with E-state index in [0.717, 1.165) is 39.7 Å². The van der Waals surface area contributed by atoms with Crippen molar-refractivity contribution in [1.82, 2.24) is 5.32 Å². The number of fused-ring (bicyclic) bond motifs is 1. The molecule has 4 rings (SSSR count). The second-order valence-corrected chi connectivity index (χ2v) is 8.59. The number of alkyl halides is 3. The van der Waals surface area contributed by atoms with E-state index in [4.69, 9.17) is 9.47 Å². The van der Waals surface area contributed by atoms with Gasteiger partial charge in [0.05, 0.1) is 25.2 Å². The molecule has 0 fully saturated rings. The Morgan fingerprint density at radius 3 is 2.16 bits per heavy atom. The van der Waals surface area contributed by atoms with Crippen molar-refractivity contribution in [2.24, 2.45) is 0 Å². The van der Waals surface area contributed by atoms with E-state index in [2.05, 4.69) is 5.32 Å². The van der Waals surface area contributed by atoms with Crippen LogP contribution in [-0.2, 0) is 23.8 Å². The Morgan fingerprint density at radius 1 is 0.919 bits per heavy atom. The van der Waals surface area contributed by atoms with Crippen LogP contribution in [0.1, 0.15) is 28.4 Å². The third-order valence-corrected chi connectivity index (χ3v) is 6.41. The molecule has 5 nitrogen and oxygen atoms in total. The first-order chi connectivity index (χ1) is 17.8. The molecule has 0 radical (unpaired) electrons. The summed E-state index contributed by atoms with van der Waals surface area (Å²) in [5.74, 6) is 0.930. The van der Waals surface area contributed by atoms with Crippen LogP contribution in [0.3, 0.4) is 0 Å². The van der Waals surface area contributed by atoms with Gasteiger partial charge in [0.25, 0.3) is 11.9 Å². The van der Waals surface area contributed by atoms with Crippen molar-refractivity contribution in [3.8, 4) is 11.5 Å². The number of methoxy groups -OCH3 is 2. The van der Waals surface area contributed by atoms with Gasteiger partial charge in [-0.05, 0) is 41.6 Å². The summed E-state index contributed by atoms with van der Waals surface area (Å²) in [7, 11) is 4.71. The number of carbonyl (C=O) groups excluding carboxylic acids is 1. The lowest BCUT2D eigenvalue weighted by molar-refractivity contribution is -0.706. The van der Waals surface area contributed by atoms with Crippen LogP contribution in [0.2, 0.25) is 0 Å². The summed E-state index contributed by atoms with van der Waals surface area (Å²) in [6.07, 6.45) is -1.58. The molecule has 192 valence electrons. The molecule has 0 bridgehead atoms. The number of halogens is 3. The van der Waals surface area contributed by atoms with Crippen LogP contribution in [-0.4, -0.2) is 27.2 Å². The van der Waals surface area contributed by atoms with Crippen molar-refractivity contribution in [1.29, 1.82) is 0 Å². The van der Waals surface area contributed by atoms with E-state index < -0.39 is 17.8 Å². The quantitative estimate of drug-likeness (QED) is 0.329. The largest absolute Gasteiger partial charge is 0.493 e.